The monoisotopic (exact) mass is 280 g/mol. The molecule has 1 heterocycles. The fourth-order valence-electron chi connectivity index (χ4n) is 1.66. The van der Waals surface area contributed by atoms with Crippen LogP contribution in [0.15, 0.2) is 24.3 Å². The third kappa shape index (κ3) is 2.82. The number of aromatic hydroxyl groups is 3. The van der Waals surface area contributed by atoms with Gasteiger partial charge >= 0.3 is 0 Å². The van der Waals surface area contributed by atoms with Crippen molar-refractivity contribution in [3.05, 3.63) is 40.7 Å². The summed E-state index contributed by atoms with van der Waals surface area (Å²) in [5.74, 6) is -1.22. The maximum absolute atomic E-state index is 9.68. The van der Waals surface area contributed by atoms with Gasteiger partial charge in [0.25, 0.3) is 0 Å². The number of pyridine rings is 1. The van der Waals surface area contributed by atoms with Crippen LogP contribution >= 0.6 is 11.6 Å². The van der Waals surface area contributed by atoms with E-state index < -0.39 is 5.75 Å². The number of aromatic nitrogens is 1. The Hall–Kier alpha value is -2.14. The molecule has 6 heteroatoms. The van der Waals surface area contributed by atoms with Gasteiger partial charge in [-0.1, -0.05) is 11.6 Å². The van der Waals surface area contributed by atoms with Gasteiger partial charge in [-0.15, -0.1) is 0 Å². The van der Waals surface area contributed by atoms with Crippen molar-refractivity contribution in [2.24, 2.45) is 0 Å². The molecule has 1 aromatic heterocycles. The third-order valence-electron chi connectivity index (χ3n) is 2.73. The lowest BCUT2D eigenvalue weighted by molar-refractivity contribution is 0.365. The summed E-state index contributed by atoms with van der Waals surface area (Å²) in [5, 5.41) is 31.8. The molecule has 0 saturated heterocycles. The fraction of sp³-hybridized carbons (Fsp3) is 0.154. The lowest BCUT2D eigenvalue weighted by Crippen LogP contribution is -2.02. The van der Waals surface area contributed by atoms with E-state index in [9.17, 15) is 15.3 Å². The Bertz CT molecular complexity index is 617. The van der Waals surface area contributed by atoms with Crippen molar-refractivity contribution in [2.75, 3.05) is 5.32 Å². The lowest BCUT2D eigenvalue weighted by atomic mass is 10.1. The SMILES string of the molecule is Cc1nc(Cl)ccc1NCc1ccc(O)c(O)c1O. The van der Waals surface area contributed by atoms with Gasteiger partial charge in [0.15, 0.2) is 11.5 Å². The van der Waals surface area contributed by atoms with Gasteiger partial charge < -0.3 is 20.6 Å². The molecule has 19 heavy (non-hydrogen) atoms. The van der Waals surface area contributed by atoms with Crippen LogP contribution in [0.25, 0.3) is 0 Å². The number of rotatable bonds is 3. The molecule has 2 rings (SSSR count). The molecule has 0 unspecified atom stereocenters. The van der Waals surface area contributed by atoms with Crippen LogP contribution in [0, 0.1) is 6.92 Å². The predicted octanol–water partition coefficient (Wildman–Crippen LogP) is 2.77. The Morgan fingerprint density at radius 3 is 2.53 bits per heavy atom. The minimum atomic E-state index is -0.523. The number of benzene rings is 1. The number of nitrogens with zero attached hydrogens (tertiary/aromatic N) is 1. The maximum atomic E-state index is 9.68. The van der Waals surface area contributed by atoms with Crippen molar-refractivity contribution in [1.29, 1.82) is 0 Å². The van der Waals surface area contributed by atoms with Crippen LogP contribution in [0.2, 0.25) is 5.15 Å². The van der Waals surface area contributed by atoms with E-state index in [2.05, 4.69) is 10.3 Å². The van der Waals surface area contributed by atoms with E-state index in [4.69, 9.17) is 11.6 Å². The molecule has 0 bridgehead atoms. The van der Waals surface area contributed by atoms with Gasteiger partial charge in [0, 0.05) is 12.1 Å². The highest BCUT2D eigenvalue weighted by atomic mass is 35.5. The van der Waals surface area contributed by atoms with Gasteiger partial charge in [-0.25, -0.2) is 4.98 Å². The summed E-state index contributed by atoms with van der Waals surface area (Å²) in [7, 11) is 0. The second kappa shape index (κ2) is 5.24. The van der Waals surface area contributed by atoms with E-state index in [1.807, 2.05) is 6.92 Å². The molecule has 5 nitrogen and oxygen atoms in total. The topological polar surface area (TPSA) is 85.6 Å². The molecule has 0 aliphatic heterocycles. The Kier molecular flexibility index (Phi) is 3.66. The van der Waals surface area contributed by atoms with E-state index in [0.29, 0.717) is 10.7 Å². The summed E-state index contributed by atoms with van der Waals surface area (Å²) in [4.78, 5) is 4.09. The second-order valence-corrected chi connectivity index (χ2v) is 4.45. The zero-order chi connectivity index (χ0) is 14.0. The van der Waals surface area contributed by atoms with Gasteiger partial charge in [-0.05, 0) is 31.2 Å². The summed E-state index contributed by atoms with van der Waals surface area (Å²) >= 11 is 5.76. The molecule has 1 aromatic carbocycles. The largest absolute Gasteiger partial charge is 0.504 e. The highest BCUT2D eigenvalue weighted by Gasteiger charge is 2.11. The zero-order valence-corrected chi connectivity index (χ0v) is 10.9. The minimum Gasteiger partial charge on any atom is -0.504 e. The maximum Gasteiger partial charge on any atom is 0.200 e. The molecule has 0 saturated carbocycles. The van der Waals surface area contributed by atoms with Crippen molar-refractivity contribution in [3.63, 3.8) is 0 Å². The molecule has 0 fully saturated rings. The van der Waals surface area contributed by atoms with Crippen LogP contribution in [0.4, 0.5) is 5.69 Å². The van der Waals surface area contributed by atoms with Crippen LogP contribution in [-0.4, -0.2) is 20.3 Å². The number of anilines is 1. The zero-order valence-electron chi connectivity index (χ0n) is 10.2. The highest BCUT2D eigenvalue weighted by molar-refractivity contribution is 6.29. The average Bonchev–Trinajstić information content (AvgIpc) is 2.37. The molecule has 4 N–H and O–H groups in total. The molecular formula is C13H13ClN2O3. The van der Waals surface area contributed by atoms with Crippen molar-refractivity contribution in [1.82, 2.24) is 4.98 Å². The Balaban J connectivity index is 2.17. The molecule has 2 aromatic rings. The van der Waals surface area contributed by atoms with Gasteiger partial charge in [0.05, 0.1) is 11.4 Å². The first-order valence-corrected chi connectivity index (χ1v) is 5.96. The van der Waals surface area contributed by atoms with E-state index in [1.165, 1.54) is 12.1 Å². The number of hydrogen-bond donors (Lipinski definition) is 4. The molecule has 100 valence electrons. The summed E-state index contributed by atoms with van der Waals surface area (Å²) in [5.41, 5.74) is 1.97. The summed E-state index contributed by atoms with van der Waals surface area (Å²) < 4.78 is 0. The first kappa shape index (κ1) is 13.3. The lowest BCUT2D eigenvalue weighted by Gasteiger charge is -2.11. The van der Waals surface area contributed by atoms with Crippen LogP contribution in [0.3, 0.4) is 0 Å². The number of nitrogens with one attached hydrogen (secondary N) is 1. The van der Waals surface area contributed by atoms with E-state index >= 15 is 0 Å². The van der Waals surface area contributed by atoms with Crippen molar-refractivity contribution >= 4 is 17.3 Å². The third-order valence-corrected chi connectivity index (χ3v) is 2.95. The van der Waals surface area contributed by atoms with Crippen molar-refractivity contribution in [3.8, 4) is 17.2 Å². The highest BCUT2D eigenvalue weighted by Crippen LogP contribution is 2.37. The standard InChI is InChI=1S/C13H13ClN2O3/c1-7-9(3-5-11(14)16-7)15-6-8-2-4-10(17)13(19)12(8)18/h2-5,15,17-19H,6H2,1H3. The summed E-state index contributed by atoms with van der Waals surface area (Å²) in [6.45, 7) is 2.09. The number of aryl methyl sites for hydroxylation is 1. The average molecular weight is 281 g/mol. The van der Waals surface area contributed by atoms with E-state index in [0.717, 1.165) is 11.4 Å². The Labute approximate surface area is 115 Å². The molecular weight excluding hydrogens is 268 g/mol. The predicted molar refractivity (Wildman–Crippen MR) is 72.7 cm³/mol. The second-order valence-electron chi connectivity index (χ2n) is 4.06. The first-order valence-electron chi connectivity index (χ1n) is 5.59. The number of phenolic OH excluding ortho intramolecular Hbond substituents is 3. The normalized spacial score (nSPS) is 10.4. The van der Waals surface area contributed by atoms with Gasteiger partial charge in [-0.3, -0.25) is 0 Å². The van der Waals surface area contributed by atoms with Gasteiger partial charge in [-0.2, -0.15) is 0 Å². The van der Waals surface area contributed by atoms with Crippen molar-refractivity contribution < 1.29 is 15.3 Å². The molecule has 0 aliphatic rings. The van der Waals surface area contributed by atoms with Crippen LogP contribution in [-0.2, 0) is 6.54 Å². The number of halogens is 1. The molecule has 0 aliphatic carbocycles. The van der Waals surface area contributed by atoms with Crippen molar-refractivity contribution in [2.45, 2.75) is 13.5 Å². The Morgan fingerprint density at radius 1 is 1.11 bits per heavy atom. The molecule has 0 radical (unpaired) electrons. The van der Waals surface area contributed by atoms with E-state index in [-0.39, 0.29) is 18.0 Å². The quantitative estimate of drug-likeness (QED) is 0.513. The van der Waals surface area contributed by atoms with Gasteiger partial charge in [0.2, 0.25) is 5.75 Å². The Morgan fingerprint density at radius 2 is 1.84 bits per heavy atom. The summed E-state index contributed by atoms with van der Waals surface area (Å²) in [6.07, 6.45) is 0. The van der Waals surface area contributed by atoms with E-state index in [1.54, 1.807) is 12.1 Å². The minimum absolute atomic E-state index is 0.282. The first-order chi connectivity index (χ1) is 8.99. The fourth-order valence-corrected chi connectivity index (χ4v) is 1.85. The number of phenols is 3. The smallest absolute Gasteiger partial charge is 0.200 e. The molecule has 0 amide bonds. The van der Waals surface area contributed by atoms with Crippen LogP contribution in [0.1, 0.15) is 11.3 Å². The van der Waals surface area contributed by atoms with Crippen LogP contribution < -0.4 is 5.32 Å². The van der Waals surface area contributed by atoms with Crippen LogP contribution in [0.5, 0.6) is 17.2 Å². The summed E-state index contributed by atoms with van der Waals surface area (Å²) in [6, 6.07) is 6.28. The molecule has 0 atom stereocenters. The van der Waals surface area contributed by atoms with Gasteiger partial charge in [0.1, 0.15) is 5.15 Å². The molecule has 0 spiro atoms. The number of hydrogen-bond acceptors (Lipinski definition) is 5.